The van der Waals surface area contributed by atoms with E-state index in [4.69, 9.17) is 14.5 Å². The fourth-order valence-corrected chi connectivity index (χ4v) is 2.96. The SMILES string of the molecule is COc1cccc(-c2c(-c3ccccc3OC)nc3ncccn23)c1. The number of ether oxygens (including phenoxy) is 2. The molecule has 5 nitrogen and oxygen atoms in total. The van der Waals surface area contributed by atoms with Crippen LogP contribution in [0.3, 0.4) is 0 Å². The van der Waals surface area contributed by atoms with Crippen LogP contribution < -0.4 is 9.47 Å². The summed E-state index contributed by atoms with van der Waals surface area (Å²) in [6.45, 7) is 0. The second kappa shape index (κ2) is 6.28. The van der Waals surface area contributed by atoms with E-state index in [1.54, 1.807) is 20.4 Å². The molecule has 4 aromatic rings. The molecule has 0 spiro atoms. The number of hydrogen-bond donors (Lipinski definition) is 0. The monoisotopic (exact) mass is 331 g/mol. The third-order valence-corrected chi connectivity index (χ3v) is 4.11. The molecule has 25 heavy (non-hydrogen) atoms. The summed E-state index contributed by atoms with van der Waals surface area (Å²) in [6.07, 6.45) is 3.70. The summed E-state index contributed by atoms with van der Waals surface area (Å²) < 4.78 is 12.9. The number of para-hydroxylation sites is 1. The van der Waals surface area contributed by atoms with Crippen LogP contribution >= 0.6 is 0 Å². The molecule has 0 unspecified atom stereocenters. The van der Waals surface area contributed by atoms with Crippen LogP contribution in [0.15, 0.2) is 67.0 Å². The van der Waals surface area contributed by atoms with Gasteiger partial charge in [0.05, 0.1) is 19.9 Å². The van der Waals surface area contributed by atoms with Crippen molar-refractivity contribution < 1.29 is 9.47 Å². The summed E-state index contributed by atoms with van der Waals surface area (Å²) in [5, 5.41) is 0. The Morgan fingerprint density at radius 1 is 0.920 bits per heavy atom. The van der Waals surface area contributed by atoms with Crippen molar-refractivity contribution in [2.24, 2.45) is 0 Å². The van der Waals surface area contributed by atoms with Crippen molar-refractivity contribution in [1.82, 2.24) is 14.4 Å². The zero-order chi connectivity index (χ0) is 17.2. The van der Waals surface area contributed by atoms with Crippen molar-refractivity contribution in [2.75, 3.05) is 14.2 Å². The molecule has 5 heteroatoms. The highest BCUT2D eigenvalue weighted by Gasteiger charge is 2.19. The smallest absolute Gasteiger partial charge is 0.234 e. The van der Waals surface area contributed by atoms with Gasteiger partial charge in [-0.05, 0) is 30.3 Å². The van der Waals surface area contributed by atoms with Gasteiger partial charge in [-0.2, -0.15) is 0 Å². The number of imidazole rings is 1. The predicted molar refractivity (Wildman–Crippen MR) is 97.0 cm³/mol. The summed E-state index contributed by atoms with van der Waals surface area (Å²) in [5.41, 5.74) is 3.70. The average Bonchev–Trinajstić information content (AvgIpc) is 3.07. The fourth-order valence-electron chi connectivity index (χ4n) is 2.96. The fraction of sp³-hybridized carbons (Fsp3) is 0.100. The Bertz CT molecular complexity index is 1040. The lowest BCUT2D eigenvalue weighted by Gasteiger charge is -2.10. The molecule has 0 bridgehead atoms. The van der Waals surface area contributed by atoms with Crippen LogP contribution in [-0.2, 0) is 0 Å². The zero-order valence-corrected chi connectivity index (χ0v) is 14.0. The van der Waals surface area contributed by atoms with Gasteiger partial charge in [0.25, 0.3) is 0 Å². The first-order valence-corrected chi connectivity index (χ1v) is 7.92. The van der Waals surface area contributed by atoms with E-state index in [0.717, 1.165) is 34.0 Å². The predicted octanol–water partition coefficient (Wildman–Crippen LogP) is 4.08. The molecule has 4 rings (SSSR count). The summed E-state index contributed by atoms with van der Waals surface area (Å²) in [7, 11) is 3.33. The van der Waals surface area contributed by atoms with Gasteiger partial charge in [0.2, 0.25) is 5.78 Å². The summed E-state index contributed by atoms with van der Waals surface area (Å²) in [6, 6.07) is 17.7. The van der Waals surface area contributed by atoms with Crippen LogP contribution in [-0.4, -0.2) is 28.6 Å². The third-order valence-electron chi connectivity index (χ3n) is 4.11. The molecular weight excluding hydrogens is 314 g/mol. The molecule has 2 aromatic carbocycles. The van der Waals surface area contributed by atoms with E-state index < -0.39 is 0 Å². The quantitative estimate of drug-likeness (QED) is 0.565. The first kappa shape index (κ1) is 15.2. The summed E-state index contributed by atoms with van der Waals surface area (Å²) >= 11 is 0. The van der Waals surface area contributed by atoms with Crippen LogP contribution in [0, 0.1) is 0 Å². The van der Waals surface area contributed by atoms with Gasteiger partial charge in [0.15, 0.2) is 0 Å². The summed E-state index contributed by atoms with van der Waals surface area (Å²) in [5.74, 6) is 2.21. The van der Waals surface area contributed by atoms with Crippen molar-refractivity contribution in [3.05, 3.63) is 67.0 Å². The number of hydrogen-bond acceptors (Lipinski definition) is 4. The molecule has 0 aliphatic heterocycles. The van der Waals surface area contributed by atoms with Gasteiger partial charge in [-0.25, -0.2) is 9.97 Å². The maximum atomic E-state index is 5.54. The largest absolute Gasteiger partial charge is 0.497 e. The van der Waals surface area contributed by atoms with Crippen molar-refractivity contribution in [2.45, 2.75) is 0 Å². The van der Waals surface area contributed by atoms with Gasteiger partial charge in [0, 0.05) is 23.5 Å². The molecule has 0 N–H and O–H groups in total. The average molecular weight is 331 g/mol. The van der Waals surface area contributed by atoms with E-state index >= 15 is 0 Å². The minimum Gasteiger partial charge on any atom is -0.497 e. The first-order valence-electron chi connectivity index (χ1n) is 7.92. The van der Waals surface area contributed by atoms with Crippen molar-refractivity contribution in [3.63, 3.8) is 0 Å². The normalized spacial score (nSPS) is 10.8. The molecule has 0 aliphatic rings. The maximum absolute atomic E-state index is 5.54. The van der Waals surface area contributed by atoms with E-state index in [1.165, 1.54) is 0 Å². The molecular formula is C20H17N3O2. The van der Waals surface area contributed by atoms with Crippen LogP contribution in [0.4, 0.5) is 0 Å². The lowest BCUT2D eigenvalue weighted by Crippen LogP contribution is -1.93. The second-order valence-electron chi connectivity index (χ2n) is 5.53. The van der Waals surface area contributed by atoms with Crippen LogP contribution in [0.25, 0.3) is 28.3 Å². The van der Waals surface area contributed by atoms with Crippen molar-refractivity contribution >= 4 is 5.78 Å². The molecule has 0 aliphatic carbocycles. The van der Waals surface area contributed by atoms with E-state index in [1.807, 2.05) is 65.2 Å². The van der Waals surface area contributed by atoms with E-state index in [-0.39, 0.29) is 0 Å². The molecule has 124 valence electrons. The molecule has 0 amide bonds. The summed E-state index contributed by atoms with van der Waals surface area (Å²) in [4.78, 5) is 9.15. The topological polar surface area (TPSA) is 48.7 Å². The maximum Gasteiger partial charge on any atom is 0.234 e. The molecule has 2 aromatic heterocycles. The Morgan fingerprint density at radius 3 is 2.64 bits per heavy atom. The highest BCUT2D eigenvalue weighted by Crippen LogP contribution is 2.37. The van der Waals surface area contributed by atoms with Crippen LogP contribution in [0.1, 0.15) is 0 Å². The van der Waals surface area contributed by atoms with Gasteiger partial charge >= 0.3 is 0 Å². The Hall–Kier alpha value is -3.34. The molecule has 0 radical (unpaired) electrons. The number of fused-ring (bicyclic) bond motifs is 1. The number of nitrogens with zero attached hydrogens (tertiary/aromatic N) is 3. The third kappa shape index (κ3) is 2.59. The standard InChI is InChI=1S/C20H17N3O2/c1-24-15-8-5-7-14(13-15)19-18(16-9-3-4-10-17(16)25-2)22-20-21-11-6-12-23(19)20/h3-13H,1-2H3. The van der Waals surface area contributed by atoms with Crippen molar-refractivity contribution in [1.29, 1.82) is 0 Å². The first-order chi connectivity index (χ1) is 12.3. The number of benzene rings is 2. The lowest BCUT2D eigenvalue weighted by atomic mass is 10.0. The van der Waals surface area contributed by atoms with Gasteiger partial charge < -0.3 is 9.47 Å². The van der Waals surface area contributed by atoms with Crippen molar-refractivity contribution in [3.8, 4) is 34.0 Å². The van der Waals surface area contributed by atoms with E-state index in [9.17, 15) is 0 Å². The molecule has 0 saturated heterocycles. The zero-order valence-electron chi connectivity index (χ0n) is 14.0. The molecule has 0 atom stereocenters. The number of methoxy groups -OCH3 is 2. The number of aromatic nitrogens is 3. The van der Waals surface area contributed by atoms with Gasteiger partial charge in [-0.15, -0.1) is 0 Å². The minimum atomic E-state index is 0.640. The Labute approximate surface area is 145 Å². The minimum absolute atomic E-state index is 0.640. The Kier molecular flexibility index (Phi) is 3.82. The Morgan fingerprint density at radius 2 is 1.80 bits per heavy atom. The van der Waals surface area contributed by atoms with E-state index in [0.29, 0.717) is 5.78 Å². The van der Waals surface area contributed by atoms with Crippen LogP contribution in [0.2, 0.25) is 0 Å². The van der Waals surface area contributed by atoms with Gasteiger partial charge in [-0.1, -0.05) is 24.3 Å². The highest BCUT2D eigenvalue weighted by molar-refractivity contribution is 5.84. The van der Waals surface area contributed by atoms with E-state index in [2.05, 4.69) is 4.98 Å². The van der Waals surface area contributed by atoms with Crippen LogP contribution in [0.5, 0.6) is 11.5 Å². The van der Waals surface area contributed by atoms with Gasteiger partial charge in [0.1, 0.15) is 17.2 Å². The Balaban J connectivity index is 2.05. The van der Waals surface area contributed by atoms with Gasteiger partial charge in [-0.3, -0.25) is 4.40 Å². The molecule has 0 fully saturated rings. The molecule has 0 saturated carbocycles. The molecule has 2 heterocycles. The number of rotatable bonds is 4. The highest BCUT2D eigenvalue weighted by atomic mass is 16.5. The second-order valence-corrected chi connectivity index (χ2v) is 5.53. The lowest BCUT2D eigenvalue weighted by molar-refractivity contribution is 0.415.